The molecule has 96 valence electrons. The first-order valence-corrected chi connectivity index (χ1v) is 8.48. The smallest absolute Gasteiger partial charge is 0.244 e. The highest BCUT2D eigenvalue weighted by molar-refractivity contribution is 9.11. The molecule has 0 spiro atoms. The number of nitrogens with zero attached hydrogens (tertiary/aromatic N) is 1. The van der Waals surface area contributed by atoms with E-state index in [2.05, 4.69) is 15.9 Å². The third kappa shape index (κ3) is 2.73. The SMILES string of the molecule is Cc1sc(Br)cc1S(=O)(=O)N1CCC(N)CC1. The summed E-state index contributed by atoms with van der Waals surface area (Å²) in [4.78, 5) is 1.25. The lowest BCUT2D eigenvalue weighted by Crippen LogP contribution is -2.42. The van der Waals surface area contributed by atoms with E-state index >= 15 is 0 Å². The average molecular weight is 339 g/mol. The van der Waals surface area contributed by atoms with Crippen LogP contribution in [0.5, 0.6) is 0 Å². The van der Waals surface area contributed by atoms with E-state index in [1.165, 1.54) is 15.6 Å². The summed E-state index contributed by atoms with van der Waals surface area (Å²) >= 11 is 4.77. The molecule has 0 atom stereocenters. The van der Waals surface area contributed by atoms with Gasteiger partial charge in [-0.1, -0.05) is 0 Å². The zero-order valence-electron chi connectivity index (χ0n) is 9.52. The molecule has 17 heavy (non-hydrogen) atoms. The molecule has 1 aromatic heterocycles. The van der Waals surface area contributed by atoms with Gasteiger partial charge in [0.2, 0.25) is 10.0 Å². The maximum atomic E-state index is 12.4. The van der Waals surface area contributed by atoms with Gasteiger partial charge in [-0.2, -0.15) is 4.31 Å². The molecular formula is C10H15BrN2O2S2. The van der Waals surface area contributed by atoms with E-state index in [0.29, 0.717) is 18.0 Å². The summed E-state index contributed by atoms with van der Waals surface area (Å²) in [6.45, 7) is 2.88. The van der Waals surface area contributed by atoms with Crippen LogP contribution in [0, 0.1) is 6.92 Å². The summed E-state index contributed by atoms with van der Waals surface area (Å²) in [5, 5.41) is 0. The van der Waals surface area contributed by atoms with E-state index in [0.717, 1.165) is 21.5 Å². The minimum Gasteiger partial charge on any atom is -0.328 e. The first kappa shape index (κ1) is 13.5. The number of piperidine rings is 1. The zero-order valence-corrected chi connectivity index (χ0v) is 12.7. The van der Waals surface area contributed by atoms with Crippen LogP contribution in [-0.2, 0) is 10.0 Å². The summed E-state index contributed by atoms with van der Waals surface area (Å²) in [5.74, 6) is 0. The molecule has 1 aromatic rings. The normalized spacial score (nSPS) is 19.7. The zero-order chi connectivity index (χ0) is 12.6. The first-order valence-electron chi connectivity index (χ1n) is 5.43. The maximum Gasteiger partial charge on any atom is 0.244 e. The van der Waals surface area contributed by atoms with E-state index in [-0.39, 0.29) is 6.04 Å². The van der Waals surface area contributed by atoms with Gasteiger partial charge in [0.15, 0.2) is 0 Å². The van der Waals surface area contributed by atoms with Crippen molar-refractivity contribution in [2.75, 3.05) is 13.1 Å². The Morgan fingerprint density at radius 1 is 1.47 bits per heavy atom. The van der Waals surface area contributed by atoms with Gasteiger partial charge in [0.25, 0.3) is 0 Å². The van der Waals surface area contributed by atoms with Gasteiger partial charge in [0, 0.05) is 24.0 Å². The Kier molecular flexibility index (Phi) is 3.94. The van der Waals surface area contributed by atoms with Gasteiger partial charge in [0.1, 0.15) is 0 Å². The molecule has 1 aliphatic rings. The van der Waals surface area contributed by atoms with Crippen LogP contribution in [-0.4, -0.2) is 31.9 Å². The fourth-order valence-electron chi connectivity index (χ4n) is 1.94. The summed E-state index contributed by atoms with van der Waals surface area (Å²) in [5.41, 5.74) is 5.79. The Morgan fingerprint density at radius 3 is 2.53 bits per heavy atom. The van der Waals surface area contributed by atoms with Gasteiger partial charge < -0.3 is 5.73 Å². The van der Waals surface area contributed by atoms with E-state index in [1.807, 2.05) is 6.92 Å². The fourth-order valence-corrected chi connectivity index (χ4v) is 5.79. The van der Waals surface area contributed by atoms with Gasteiger partial charge in [-0.3, -0.25) is 0 Å². The van der Waals surface area contributed by atoms with Crippen LogP contribution in [0.3, 0.4) is 0 Å². The second-order valence-corrected chi connectivity index (χ2v) is 8.75. The van der Waals surface area contributed by atoms with Crippen molar-refractivity contribution in [2.24, 2.45) is 5.73 Å². The van der Waals surface area contributed by atoms with Gasteiger partial charge in [-0.15, -0.1) is 11.3 Å². The molecule has 0 aromatic carbocycles. The minimum atomic E-state index is -3.34. The number of halogens is 1. The summed E-state index contributed by atoms with van der Waals surface area (Å²) in [6.07, 6.45) is 1.48. The highest BCUT2D eigenvalue weighted by atomic mass is 79.9. The molecule has 2 N–H and O–H groups in total. The first-order chi connectivity index (χ1) is 7.91. The average Bonchev–Trinajstić information content (AvgIpc) is 2.59. The fraction of sp³-hybridized carbons (Fsp3) is 0.600. The van der Waals surface area contributed by atoms with Crippen molar-refractivity contribution >= 4 is 37.3 Å². The van der Waals surface area contributed by atoms with Crippen LogP contribution < -0.4 is 5.73 Å². The molecule has 0 amide bonds. The molecular weight excluding hydrogens is 324 g/mol. The van der Waals surface area contributed by atoms with E-state index in [4.69, 9.17) is 5.73 Å². The Bertz CT molecular complexity index is 504. The van der Waals surface area contributed by atoms with Crippen molar-refractivity contribution < 1.29 is 8.42 Å². The molecule has 0 unspecified atom stereocenters. The Balaban J connectivity index is 2.28. The van der Waals surface area contributed by atoms with E-state index < -0.39 is 10.0 Å². The van der Waals surface area contributed by atoms with Crippen molar-refractivity contribution in [1.82, 2.24) is 4.31 Å². The van der Waals surface area contributed by atoms with Crippen LogP contribution in [0.1, 0.15) is 17.7 Å². The van der Waals surface area contributed by atoms with Crippen LogP contribution in [0.15, 0.2) is 14.7 Å². The number of hydrogen-bond donors (Lipinski definition) is 1. The number of nitrogens with two attached hydrogens (primary N) is 1. The lowest BCUT2D eigenvalue weighted by atomic mass is 10.1. The summed E-state index contributed by atoms with van der Waals surface area (Å²) in [6, 6.07) is 1.82. The number of aryl methyl sites for hydroxylation is 1. The molecule has 1 aliphatic heterocycles. The summed E-state index contributed by atoms with van der Waals surface area (Å²) < 4.78 is 27.2. The molecule has 1 fully saturated rings. The van der Waals surface area contributed by atoms with Gasteiger partial charge >= 0.3 is 0 Å². The Hall–Kier alpha value is 0.0500. The molecule has 4 nitrogen and oxygen atoms in total. The third-order valence-corrected chi connectivity index (χ3v) is 6.67. The Morgan fingerprint density at radius 2 is 2.06 bits per heavy atom. The highest BCUT2D eigenvalue weighted by Crippen LogP contribution is 2.32. The quantitative estimate of drug-likeness (QED) is 0.896. The van der Waals surface area contributed by atoms with E-state index in [1.54, 1.807) is 6.07 Å². The van der Waals surface area contributed by atoms with Gasteiger partial charge in [-0.05, 0) is 41.8 Å². The number of thiophene rings is 1. The molecule has 0 saturated carbocycles. The monoisotopic (exact) mass is 338 g/mol. The van der Waals surface area contributed by atoms with Gasteiger partial charge in [0.05, 0.1) is 8.68 Å². The predicted octanol–water partition coefficient (Wildman–Crippen LogP) is 1.93. The minimum absolute atomic E-state index is 0.136. The largest absolute Gasteiger partial charge is 0.328 e. The maximum absolute atomic E-state index is 12.4. The molecule has 0 aliphatic carbocycles. The van der Waals surface area contributed by atoms with Crippen LogP contribution in [0.4, 0.5) is 0 Å². The van der Waals surface area contributed by atoms with Crippen LogP contribution in [0.25, 0.3) is 0 Å². The summed E-state index contributed by atoms with van der Waals surface area (Å²) in [7, 11) is -3.34. The highest BCUT2D eigenvalue weighted by Gasteiger charge is 2.30. The molecule has 7 heteroatoms. The second kappa shape index (κ2) is 4.97. The van der Waals surface area contributed by atoms with Crippen molar-refractivity contribution in [3.05, 3.63) is 14.7 Å². The lowest BCUT2D eigenvalue weighted by molar-refractivity contribution is 0.320. The molecule has 0 radical (unpaired) electrons. The van der Waals surface area contributed by atoms with Crippen molar-refractivity contribution in [2.45, 2.75) is 30.7 Å². The standard InChI is InChI=1S/C10H15BrN2O2S2/c1-7-9(6-10(11)16-7)17(14,15)13-4-2-8(12)3-5-13/h6,8H,2-5,12H2,1H3. The van der Waals surface area contributed by atoms with Crippen LogP contribution in [0.2, 0.25) is 0 Å². The molecule has 0 bridgehead atoms. The Labute approximate surface area is 114 Å². The second-order valence-electron chi connectivity index (χ2n) is 4.21. The number of hydrogen-bond acceptors (Lipinski definition) is 4. The van der Waals surface area contributed by atoms with E-state index in [9.17, 15) is 8.42 Å². The molecule has 2 rings (SSSR count). The lowest BCUT2D eigenvalue weighted by Gasteiger charge is -2.29. The topological polar surface area (TPSA) is 63.4 Å². The molecule has 2 heterocycles. The molecule has 1 saturated heterocycles. The predicted molar refractivity (Wildman–Crippen MR) is 72.7 cm³/mol. The van der Waals surface area contributed by atoms with Crippen molar-refractivity contribution in [1.29, 1.82) is 0 Å². The number of sulfonamides is 1. The van der Waals surface area contributed by atoms with Crippen molar-refractivity contribution in [3.63, 3.8) is 0 Å². The van der Waals surface area contributed by atoms with Crippen molar-refractivity contribution in [3.8, 4) is 0 Å². The third-order valence-electron chi connectivity index (χ3n) is 2.96. The van der Waals surface area contributed by atoms with Gasteiger partial charge in [-0.25, -0.2) is 8.42 Å². The van der Waals surface area contributed by atoms with Crippen LogP contribution >= 0.6 is 27.3 Å². The number of rotatable bonds is 2.